The second-order valence-electron chi connectivity index (χ2n) is 4.68. The third-order valence-electron chi connectivity index (χ3n) is 3.09. The topological polar surface area (TPSA) is 67.4 Å². The van der Waals surface area contributed by atoms with Gasteiger partial charge in [0.1, 0.15) is 11.6 Å². The number of rotatable bonds is 4. The van der Waals surface area contributed by atoms with Gasteiger partial charge < -0.3 is 10.1 Å². The smallest absolute Gasteiger partial charge is 0.325 e. The molecule has 1 fully saturated rings. The summed E-state index contributed by atoms with van der Waals surface area (Å²) in [6.07, 6.45) is 4.95. The van der Waals surface area contributed by atoms with Gasteiger partial charge in [0.15, 0.2) is 0 Å². The lowest BCUT2D eigenvalue weighted by atomic mass is 10.3. The normalized spacial score (nSPS) is 14.8. The largest absolute Gasteiger partial charge is 0.490 e. The molecule has 3 amide bonds. The molecule has 2 N–H and O–H groups in total. The Hall–Kier alpha value is -1.75. The van der Waals surface area contributed by atoms with Gasteiger partial charge in [-0.2, -0.15) is 0 Å². The predicted octanol–water partition coefficient (Wildman–Crippen LogP) is 2.89. The summed E-state index contributed by atoms with van der Waals surface area (Å²) in [5, 5.41) is 4.64. The second kappa shape index (κ2) is 7.14. The van der Waals surface area contributed by atoms with Crippen LogP contribution >= 0.6 is 11.6 Å². The van der Waals surface area contributed by atoms with Gasteiger partial charge in [0.25, 0.3) is 0 Å². The molecule has 5 nitrogen and oxygen atoms in total. The Morgan fingerprint density at radius 1 is 1.20 bits per heavy atom. The SMILES string of the molecule is O=C(CCl)NC(=O)Nc1ccc(OC2CCCC2)cc1. The van der Waals surface area contributed by atoms with Gasteiger partial charge in [0.05, 0.1) is 6.10 Å². The van der Waals surface area contributed by atoms with E-state index in [1.165, 1.54) is 12.8 Å². The number of halogens is 1. The summed E-state index contributed by atoms with van der Waals surface area (Å²) in [6, 6.07) is 6.47. The molecule has 2 rings (SSSR count). The zero-order chi connectivity index (χ0) is 14.4. The number of benzene rings is 1. The minimum atomic E-state index is -0.597. The zero-order valence-electron chi connectivity index (χ0n) is 11.0. The number of hydrogen-bond donors (Lipinski definition) is 2. The number of imide groups is 1. The van der Waals surface area contributed by atoms with Gasteiger partial charge in [0, 0.05) is 5.69 Å². The van der Waals surface area contributed by atoms with Crippen LogP contribution in [0.2, 0.25) is 0 Å². The van der Waals surface area contributed by atoms with Crippen LogP contribution < -0.4 is 15.4 Å². The molecule has 0 radical (unpaired) electrons. The molecule has 0 saturated heterocycles. The van der Waals surface area contributed by atoms with Crippen LogP contribution in [0, 0.1) is 0 Å². The van der Waals surface area contributed by atoms with E-state index in [4.69, 9.17) is 16.3 Å². The van der Waals surface area contributed by atoms with E-state index in [0.717, 1.165) is 18.6 Å². The van der Waals surface area contributed by atoms with E-state index < -0.39 is 11.9 Å². The first-order valence-electron chi connectivity index (χ1n) is 6.61. The number of ether oxygens (including phenoxy) is 1. The molecule has 108 valence electrons. The first kappa shape index (κ1) is 14.7. The minimum absolute atomic E-state index is 0.248. The summed E-state index contributed by atoms with van der Waals surface area (Å²) in [5.74, 6) is 0.00625. The molecule has 0 heterocycles. The van der Waals surface area contributed by atoms with Crippen molar-refractivity contribution < 1.29 is 14.3 Å². The number of carbonyl (C=O) groups excluding carboxylic acids is 2. The Bertz CT molecular complexity index is 470. The average Bonchev–Trinajstić information content (AvgIpc) is 2.93. The summed E-state index contributed by atoms with van der Waals surface area (Å²) < 4.78 is 5.82. The van der Waals surface area contributed by atoms with Crippen molar-refractivity contribution in [3.05, 3.63) is 24.3 Å². The van der Waals surface area contributed by atoms with Gasteiger partial charge in [-0.15, -0.1) is 11.6 Å². The highest BCUT2D eigenvalue weighted by Crippen LogP contribution is 2.24. The third kappa shape index (κ3) is 4.42. The monoisotopic (exact) mass is 296 g/mol. The molecule has 1 aliphatic rings. The summed E-state index contributed by atoms with van der Waals surface area (Å²) >= 11 is 5.29. The Morgan fingerprint density at radius 3 is 2.45 bits per heavy atom. The number of anilines is 1. The van der Waals surface area contributed by atoms with E-state index in [0.29, 0.717) is 11.8 Å². The summed E-state index contributed by atoms with van der Waals surface area (Å²) in [5.41, 5.74) is 0.587. The molecule has 20 heavy (non-hydrogen) atoms. The Labute approximate surface area is 122 Å². The van der Waals surface area contributed by atoms with Crippen molar-refractivity contribution in [3.63, 3.8) is 0 Å². The molecule has 1 aromatic carbocycles. The van der Waals surface area contributed by atoms with Crippen LogP contribution in [0.5, 0.6) is 5.75 Å². The number of nitrogens with one attached hydrogen (secondary N) is 2. The molecule has 0 unspecified atom stereocenters. The van der Waals surface area contributed by atoms with Crippen LogP contribution in [0.3, 0.4) is 0 Å². The summed E-state index contributed by atoms with van der Waals surface area (Å²) in [7, 11) is 0. The van der Waals surface area contributed by atoms with Crippen LogP contribution in [-0.2, 0) is 4.79 Å². The Kier molecular flexibility index (Phi) is 5.24. The maximum atomic E-state index is 11.4. The molecule has 0 bridgehead atoms. The maximum absolute atomic E-state index is 11.4. The van der Waals surface area contributed by atoms with Gasteiger partial charge in [-0.25, -0.2) is 4.79 Å². The van der Waals surface area contributed by atoms with Crippen molar-refractivity contribution in [3.8, 4) is 5.75 Å². The van der Waals surface area contributed by atoms with Crippen LogP contribution in [0.1, 0.15) is 25.7 Å². The predicted molar refractivity (Wildman–Crippen MR) is 77.2 cm³/mol. The van der Waals surface area contributed by atoms with E-state index in [-0.39, 0.29) is 5.88 Å². The second-order valence-corrected chi connectivity index (χ2v) is 4.95. The number of urea groups is 1. The third-order valence-corrected chi connectivity index (χ3v) is 3.33. The van der Waals surface area contributed by atoms with E-state index in [9.17, 15) is 9.59 Å². The highest BCUT2D eigenvalue weighted by molar-refractivity contribution is 6.28. The highest BCUT2D eigenvalue weighted by atomic mass is 35.5. The first-order valence-corrected chi connectivity index (χ1v) is 7.14. The van der Waals surface area contributed by atoms with Crippen molar-refractivity contribution in [2.45, 2.75) is 31.8 Å². The quantitative estimate of drug-likeness (QED) is 0.840. The lowest BCUT2D eigenvalue weighted by Gasteiger charge is -2.13. The van der Waals surface area contributed by atoms with E-state index in [2.05, 4.69) is 10.6 Å². The molecule has 0 aliphatic heterocycles. The van der Waals surface area contributed by atoms with Gasteiger partial charge in [-0.05, 0) is 49.9 Å². The van der Waals surface area contributed by atoms with Crippen molar-refractivity contribution in [2.24, 2.45) is 0 Å². The van der Waals surface area contributed by atoms with Gasteiger partial charge in [-0.3, -0.25) is 10.1 Å². The number of carbonyl (C=O) groups is 2. The molecule has 1 aliphatic carbocycles. The molecule has 6 heteroatoms. The molecule has 1 saturated carbocycles. The van der Waals surface area contributed by atoms with Crippen LogP contribution in [-0.4, -0.2) is 23.9 Å². The van der Waals surface area contributed by atoms with Crippen molar-refractivity contribution in [1.82, 2.24) is 5.32 Å². The van der Waals surface area contributed by atoms with Crippen molar-refractivity contribution in [1.29, 1.82) is 0 Å². The van der Waals surface area contributed by atoms with Crippen molar-refractivity contribution >= 4 is 29.2 Å². The Morgan fingerprint density at radius 2 is 1.85 bits per heavy atom. The fourth-order valence-corrected chi connectivity index (χ4v) is 2.20. The lowest BCUT2D eigenvalue weighted by molar-refractivity contribution is -0.117. The highest BCUT2D eigenvalue weighted by Gasteiger charge is 2.16. The molecular weight excluding hydrogens is 280 g/mol. The first-order chi connectivity index (χ1) is 9.67. The molecule has 0 spiro atoms. The number of amides is 3. The van der Waals surface area contributed by atoms with Gasteiger partial charge in [0.2, 0.25) is 5.91 Å². The van der Waals surface area contributed by atoms with E-state index >= 15 is 0 Å². The maximum Gasteiger partial charge on any atom is 0.325 e. The Balaban J connectivity index is 1.84. The molecular formula is C14H17ClN2O3. The molecule has 1 aromatic rings. The molecule has 0 atom stereocenters. The fraction of sp³-hybridized carbons (Fsp3) is 0.429. The fourth-order valence-electron chi connectivity index (χ4n) is 2.14. The van der Waals surface area contributed by atoms with Crippen LogP contribution in [0.25, 0.3) is 0 Å². The zero-order valence-corrected chi connectivity index (χ0v) is 11.8. The van der Waals surface area contributed by atoms with Crippen LogP contribution in [0.4, 0.5) is 10.5 Å². The van der Waals surface area contributed by atoms with Crippen molar-refractivity contribution in [2.75, 3.05) is 11.2 Å². The van der Waals surface area contributed by atoms with Gasteiger partial charge in [-0.1, -0.05) is 0 Å². The summed E-state index contributed by atoms with van der Waals surface area (Å²) in [4.78, 5) is 22.3. The summed E-state index contributed by atoms with van der Waals surface area (Å²) in [6.45, 7) is 0. The van der Waals surface area contributed by atoms with Crippen LogP contribution in [0.15, 0.2) is 24.3 Å². The van der Waals surface area contributed by atoms with E-state index in [1.807, 2.05) is 0 Å². The number of alkyl halides is 1. The average molecular weight is 297 g/mol. The van der Waals surface area contributed by atoms with E-state index in [1.54, 1.807) is 24.3 Å². The standard InChI is InChI=1S/C14H17ClN2O3/c15-9-13(18)17-14(19)16-10-5-7-12(8-6-10)20-11-3-1-2-4-11/h5-8,11H,1-4,9H2,(H2,16,17,18,19). The lowest BCUT2D eigenvalue weighted by Crippen LogP contribution is -2.35. The van der Waals surface area contributed by atoms with Gasteiger partial charge >= 0.3 is 6.03 Å². The number of hydrogen-bond acceptors (Lipinski definition) is 3. The molecule has 0 aromatic heterocycles. The minimum Gasteiger partial charge on any atom is -0.490 e.